The summed E-state index contributed by atoms with van der Waals surface area (Å²) in [6, 6.07) is 3.78. The Labute approximate surface area is 75.5 Å². The summed E-state index contributed by atoms with van der Waals surface area (Å²) in [6.07, 6.45) is 4.51. The van der Waals surface area contributed by atoms with Gasteiger partial charge in [0.1, 0.15) is 5.75 Å². The molecule has 66 valence electrons. The molecule has 0 bridgehead atoms. The van der Waals surface area contributed by atoms with Crippen molar-refractivity contribution in [1.29, 1.82) is 0 Å². The highest BCUT2D eigenvalue weighted by molar-refractivity contribution is 5.56. The lowest BCUT2D eigenvalue weighted by molar-refractivity contribution is 0.173. The number of ether oxygens (including phenoxy) is 3. The van der Waals surface area contributed by atoms with Crippen molar-refractivity contribution in [3.63, 3.8) is 0 Å². The van der Waals surface area contributed by atoms with Crippen molar-refractivity contribution >= 4 is 0 Å². The Kier molecular flexibility index (Phi) is 1.27. The van der Waals surface area contributed by atoms with Gasteiger partial charge < -0.3 is 14.2 Å². The molecule has 0 fully saturated rings. The van der Waals surface area contributed by atoms with Crippen molar-refractivity contribution in [3.05, 3.63) is 30.0 Å². The number of hydrogen-bond acceptors (Lipinski definition) is 3. The molecule has 2 heterocycles. The van der Waals surface area contributed by atoms with Gasteiger partial charge in [0.15, 0.2) is 11.5 Å². The second kappa shape index (κ2) is 2.42. The van der Waals surface area contributed by atoms with Crippen LogP contribution in [0.5, 0.6) is 17.2 Å². The van der Waals surface area contributed by atoms with Gasteiger partial charge in [0, 0.05) is 12.0 Å². The minimum Gasteiger partial charge on any atom is -0.465 e. The molecular weight excluding hydrogens is 168 g/mol. The van der Waals surface area contributed by atoms with Gasteiger partial charge in [-0.05, 0) is 18.2 Å². The van der Waals surface area contributed by atoms with Crippen LogP contribution in [-0.4, -0.2) is 6.79 Å². The van der Waals surface area contributed by atoms with Crippen molar-refractivity contribution < 1.29 is 14.2 Å². The minimum atomic E-state index is 0.315. The third-order valence-electron chi connectivity index (χ3n) is 2.21. The van der Waals surface area contributed by atoms with Crippen LogP contribution in [-0.2, 0) is 6.42 Å². The fraction of sp³-hybridized carbons (Fsp3) is 0.200. The first kappa shape index (κ1) is 6.83. The number of rotatable bonds is 0. The molecule has 0 atom stereocenters. The average molecular weight is 176 g/mol. The minimum absolute atomic E-state index is 0.315. The molecule has 1 aromatic carbocycles. The first-order valence-corrected chi connectivity index (χ1v) is 4.18. The monoisotopic (exact) mass is 176 g/mol. The normalized spacial score (nSPS) is 16.6. The smallest absolute Gasteiger partial charge is 0.231 e. The van der Waals surface area contributed by atoms with E-state index in [2.05, 4.69) is 0 Å². The maximum Gasteiger partial charge on any atom is 0.231 e. The van der Waals surface area contributed by atoms with Crippen LogP contribution in [0.3, 0.4) is 0 Å². The van der Waals surface area contributed by atoms with Crippen LogP contribution < -0.4 is 14.2 Å². The molecule has 0 aromatic heterocycles. The van der Waals surface area contributed by atoms with Crippen LogP contribution in [0.2, 0.25) is 0 Å². The van der Waals surface area contributed by atoms with Crippen molar-refractivity contribution in [1.82, 2.24) is 0 Å². The number of hydrogen-bond donors (Lipinski definition) is 0. The summed E-state index contributed by atoms with van der Waals surface area (Å²) in [6.45, 7) is 0.315. The van der Waals surface area contributed by atoms with E-state index in [4.69, 9.17) is 14.2 Å². The predicted octanol–water partition coefficient (Wildman–Crippen LogP) is 1.86. The van der Waals surface area contributed by atoms with E-state index in [0.717, 1.165) is 29.2 Å². The highest BCUT2D eigenvalue weighted by Gasteiger charge is 2.21. The van der Waals surface area contributed by atoms with E-state index in [0.29, 0.717) is 6.79 Å². The molecule has 0 amide bonds. The molecular formula is C10H8O3. The summed E-state index contributed by atoms with van der Waals surface area (Å²) < 4.78 is 16.0. The topological polar surface area (TPSA) is 27.7 Å². The van der Waals surface area contributed by atoms with Crippen LogP contribution in [0, 0.1) is 0 Å². The Bertz CT molecular complexity index is 382. The Morgan fingerprint density at radius 2 is 2.00 bits per heavy atom. The third kappa shape index (κ3) is 0.900. The molecule has 13 heavy (non-hydrogen) atoms. The van der Waals surface area contributed by atoms with Gasteiger partial charge in [0.2, 0.25) is 6.79 Å². The zero-order valence-electron chi connectivity index (χ0n) is 6.95. The van der Waals surface area contributed by atoms with Gasteiger partial charge in [-0.25, -0.2) is 0 Å². The Morgan fingerprint density at radius 3 is 3.00 bits per heavy atom. The standard InChI is InChI=1S/C10H8O3/c1-2-7-8(11-5-1)3-4-9-10(7)13-6-12-9/h1,3-5H,2,6H2. The quantitative estimate of drug-likeness (QED) is 0.603. The fourth-order valence-electron chi connectivity index (χ4n) is 1.60. The van der Waals surface area contributed by atoms with Crippen LogP contribution >= 0.6 is 0 Å². The van der Waals surface area contributed by atoms with Gasteiger partial charge in [-0.2, -0.15) is 0 Å². The largest absolute Gasteiger partial charge is 0.465 e. The predicted molar refractivity (Wildman–Crippen MR) is 46.0 cm³/mol. The summed E-state index contributed by atoms with van der Waals surface area (Å²) in [7, 11) is 0. The highest BCUT2D eigenvalue weighted by Crippen LogP contribution is 2.42. The van der Waals surface area contributed by atoms with Gasteiger partial charge >= 0.3 is 0 Å². The molecule has 0 saturated heterocycles. The van der Waals surface area contributed by atoms with Crippen LogP contribution in [0.15, 0.2) is 24.5 Å². The van der Waals surface area contributed by atoms with Crippen molar-refractivity contribution in [2.45, 2.75) is 6.42 Å². The van der Waals surface area contributed by atoms with E-state index in [-0.39, 0.29) is 0 Å². The maximum atomic E-state index is 5.36. The zero-order chi connectivity index (χ0) is 8.67. The second-order valence-electron chi connectivity index (χ2n) is 2.97. The zero-order valence-corrected chi connectivity index (χ0v) is 6.95. The maximum absolute atomic E-state index is 5.36. The SMILES string of the molecule is C1=COc2ccc3c(c2C1)OCO3. The van der Waals surface area contributed by atoms with Gasteiger partial charge in [-0.1, -0.05) is 0 Å². The van der Waals surface area contributed by atoms with Gasteiger partial charge in [0.05, 0.1) is 6.26 Å². The van der Waals surface area contributed by atoms with Gasteiger partial charge in [-0.15, -0.1) is 0 Å². The molecule has 0 aliphatic carbocycles. The van der Waals surface area contributed by atoms with E-state index in [1.165, 1.54) is 0 Å². The molecule has 0 radical (unpaired) electrons. The van der Waals surface area contributed by atoms with Crippen molar-refractivity contribution in [2.75, 3.05) is 6.79 Å². The van der Waals surface area contributed by atoms with E-state index in [1.807, 2.05) is 18.2 Å². The molecule has 0 unspecified atom stereocenters. The molecule has 3 rings (SSSR count). The molecule has 2 aliphatic heterocycles. The third-order valence-corrected chi connectivity index (χ3v) is 2.21. The first-order chi connectivity index (χ1) is 6.45. The fourth-order valence-corrected chi connectivity index (χ4v) is 1.60. The number of benzene rings is 1. The molecule has 1 aromatic rings. The highest BCUT2D eigenvalue weighted by atomic mass is 16.7. The summed E-state index contributed by atoms with van der Waals surface area (Å²) in [5.74, 6) is 2.52. The Balaban J connectivity index is 2.20. The van der Waals surface area contributed by atoms with Crippen molar-refractivity contribution in [3.8, 4) is 17.2 Å². The lowest BCUT2D eigenvalue weighted by Gasteiger charge is -2.12. The second-order valence-corrected chi connectivity index (χ2v) is 2.97. The van der Waals surface area contributed by atoms with Gasteiger partial charge in [0.25, 0.3) is 0 Å². The van der Waals surface area contributed by atoms with Crippen LogP contribution in [0.1, 0.15) is 5.56 Å². The molecule has 2 aliphatic rings. The van der Waals surface area contributed by atoms with Crippen molar-refractivity contribution in [2.24, 2.45) is 0 Å². The average Bonchev–Trinajstić information content (AvgIpc) is 2.65. The molecule has 3 nitrogen and oxygen atoms in total. The van der Waals surface area contributed by atoms with E-state index < -0.39 is 0 Å². The lowest BCUT2D eigenvalue weighted by Crippen LogP contribution is -1.98. The Hall–Kier alpha value is -1.64. The van der Waals surface area contributed by atoms with Gasteiger partial charge in [-0.3, -0.25) is 0 Å². The molecule has 0 N–H and O–H groups in total. The van der Waals surface area contributed by atoms with E-state index >= 15 is 0 Å². The number of fused-ring (bicyclic) bond motifs is 3. The van der Waals surface area contributed by atoms with E-state index in [9.17, 15) is 0 Å². The van der Waals surface area contributed by atoms with E-state index in [1.54, 1.807) is 6.26 Å². The molecule has 0 spiro atoms. The summed E-state index contributed by atoms with van der Waals surface area (Å²) in [4.78, 5) is 0. The first-order valence-electron chi connectivity index (χ1n) is 4.18. The summed E-state index contributed by atoms with van der Waals surface area (Å²) in [5, 5.41) is 0. The number of allylic oxidation sites excluding steroid dienone is 1. The van der Waals surface area contributed by atoms with Crippen LogP contribution in [0.25, 0.3) is 0 Å². The Morgan fingerprint density at radius 1 is 1.08 bits per heavy atom. The summed E-state index contributed by atoms with van der Waals surface area (Å²) >= 11 is 0. The summed E-state index contributed by atoms with van der Waals surface area (Å²) in [5.41, 5.74) is 1.08. The molecule has 3 heteroatoms. The van der Waals surface area contributed by atoms with Crippen LogP contribution in [0.4, 0.5) is 0 Å². The molecule has 0 saturated carbocycles. The lowest BCUT2D eigenvalue weighted by atomic mass is 10.1.